The molecule has 2 aromatic carbocycles. The molecule has 1 heterocycles. The van der Waals surface area contributed by atoms with Crippen molar-refractivity contribution in [2.75, 3.05) is 25.5 Å². The molecule has 0 bridgehead atoms. The summed E-state index contributed by atoms with van der Waals surface area (Å²) < 4.78 is 5.14. The molecular formula is C20H21ClN2O2S. The van der Waals surface area contributed by atoms with E-state index in [4.69, 9.17) is 28.6 Å². The molecule has 0 aliphatic carbocycles. The van der Waals surface area contributed by atoms with E-state index < -0.39 is 0 Å². The van der Waals surface area contributed by atoms with Crippen molar-refractivity contribution < 1.29 is 9.53 Å². The Morgan fingerprint density at radius 3 is 2.31 bits per heavy atom. The maximum Gasteiger partial charge on any atom is 0.173 e. The molecule has 0 aromatic heterocycles. The maximum absolute atomic E-state index is 12.7. The second-order valence-corrected chi connectivity index (χ2v) is 7.11. The summed E-state index contributed by atoms with van der Waals surface area (Å²) in [7, 11) is 1.62. The lowest BCUT2D eigenvalue weighted by Gasteiger charge is -2.33. The quantitative estimate of drug-likeness (QED) is 0.610. The number of ketones is 1. The van der Waals surface area contributed by atoms with Crippen molar-refractivity contribution >= 4 is 40.4 Å². The predicted molar refractivity (Wildman–Crippen MR) is 109 cm³/mol. The number of carbonyl (C=O) groups is 1. The van der Waals surface area contributed by atoms with Crippen LogP contribution in [0, 0.1) is 5.92 Å². The van der Waals surface area contributed by atoms with Crippen molar-refractivity contribution in [3.63, 3.8) is 0 Å². The third-order valence-electron chi connectivity index (χ3n) is 4.62. The zero-order chi connectivity index (χ0) is 18.5. The Morgan fingerprint density at radius 2 is 1.73 bits per heavy atom. The topological polar surface area (TPSA) is 41.6 Å². The second kappa shape index (κ2) is 8.52. The number of carbonyl (C=O) groups excluding carboxylic acids is 1. The molecular weight excluding hydrogens is 368 g/mol. The number of rotatable bonds is 4. The highest BCUT2D eigenvalue weighted by Gasteiger charge is 2.26. The van der Waals surface area contributed by atoms with Crippen LogP contribution in [-0.2, 0) is 0 Å². The number of benzene rings is 2. The van der Waals surface area contributed by atoms with Gasteiger partial charge in [-0.25, -0.2) is 0 Å². The van der Waals surface area contributed by atoms with Crippen LogP contribution in [-0.4, -0.2) is 36.0 Å². The molecule has 6 heteroatoms. The van der Waals surface area contributed by atoms with Crippen molar-refractivity contribution in [1.82, 2.24) is 4.90 Å². The molecule has 1 N–H and O–H groups in total. The van der Waals surface area contributed by atoms with Gasteiger partial charge in [0, 0.05) is 35.3 Å². The van der Waals surface area contributed by atoms with E-state index in [1.165, 1.54) is 0 Å². The summed E-state index contributed by atoms with van der Waals surface area (Å²) >= 11 is 11.4. The predicted octanol–water partition coefficient (Wildman–Crippen LogP) is 4.64. The summed E-state index contributed by atoms with van der Waals surface area (Å²) in [6.07, 6.45) is 1.60. The minimum atomic E-state index is 0.0398. The van der Waals surface area contributed by atoms with Crippen LogP contribution in [0.25, 0.3) is 0 Å². The maximum atomic E-state index is 12.7. The van der Waals surface area contributed by atoms with Gasteiger partial charge < -0.3 is 15.0 Å². The Kier molecular flexibility index (Phi) is 6.12. The van der Waals surface area contributed by atoms with Crippen LogP contribution in [0.1, 0.15) is 23.2 Å². The van der Waals surface area contributed by atoms with Gasteiger partial charge in [0.1, 0.15) is 5.75 Å². The number of nitrogens with zero attached hydrogens (tertiary/aromatic N) is 1. The lowest BCUT2D eigenvalue weighted by molar-refractivity contribution is 0.0873. The first kappa shape index (κ1) is 18.7. The van der Waals surface area contributed by atoms with E-state index in [0.29, 0.717) is 10.1 Å². The summed E-state index contributed by atoms with van der Waals surface area (Å²) in [5.74, 6) is 0.997. The molecule has 136 valence electrons. The third kappa shape index (κ3) is 4.54. The molecule has 1 aliphatic heterocycles. The number of hydrogen-bond donors (Lipinski definition) is 1. The van der Waals surface area contributed by atoms with Crippen molar-refractivity contribution in [3.8, 4) is 5.75 Å². The molecule has 0 amide bonds. The van der Waals surface area contributed by atoms with E-state index in [0.717, 1.165) is 42.9 Å². The Balaban J connectivity index is 1.53. The van der Waals surface area contributed by atoms with E-state index in [2.05, 4.69) is 10.2 Å². The van der Waals surface area contributed by atoms with E-state index in [1.807, 2.05) is 48.5 Å². The Labute approximate surface area is 164 Å². The van der Waals surface area contributed by atoms with E-state index >= 15 is 0 Å². The van der Waals surface area contributed by atoms with Crippen molar-refractivity contribution in [3.05, 3.63) is 59.1 Å². The van der Waals surface area contributed by atoms with Gasteiger partial charge in [0.2, 0.25) is 0 Å². The first-order valence-corrected chi connectivity index (χ1v) is 9.35. The van der Waals surface area contributed by atoms with Gasteiger partial charge in [0.05, 0.1) is 7.11 Å². The number of halogens is 1. The molecule has 0 spiro atoms. The van der Waals surface area contributed by atoms with E-state index in [-0.39, 0.29) is 11.7 Å². The second-order valence-electron chi connectivity index (χ2n) is 6.29. The molecule has 1 aliphatic rings. The SMILES string of the molecule is COc1ccc(C(=O)C2CCN(C(=S)Nc3ccc(Cl)cc3)CC2)cc1. The van der Waals surface area contributed by atoms with Gasteiger partial charge in [-0.05, 0) is 73.6 Å². The number of nitrogens with one attached hydrogen (secondary N) is 1. The minimum Gasteiger partial charge on any atom is -0.497 e. The molecule has 3 rings (SSSR count). The van der Waals surface area contributed by atoms with Gasteiger partial charge in [0.15, 0.2) is 10.9 Å². The van der Waals surface area contributed by atoms with Gasteiger partial charge in [-0.1, -0.05) is 11.6 Å². The fourth-order valence-electron chi connectivity index (χ4n) is 3.07. The van der Waals surface area contributed by atoms with Gasteiger partial charge in [-0.3, -0.25) is 4.79 Å². The Bertz CT molecular complexity index is 769. The van der Waals surface area contributed by atoms with Crippen molar-refractivity contribution in [2.24, 2.45) is 5.92 Å². The number of likely N-dealkylation sites (tertiary alicyclic amines) is 1. The molecule has 1 fully saturated rings. The van der Waals surface area contributed by atoms with Crippen molar-refractivity contribution in [1.29, 1.82) is 0 Å². The minimum absolute atomic E-state index is 0.0398. The number of hydrogen-bond acceptors (Lipinski definition) is 3. The average molecular weight is 389 g/mol. The van der Waals surface area contributed by atoms with Crippen LogP contribution < -0.4 is 10.1 Å². The largest absolute Gasteiger partial charge is 0.497 e. The standard InChI is InChI=1S/C20H21ClN2O2S/c1-25-18-8-2-14(3-9-18)19(24)15-10-12-23(13-11-15)20(26)22-17-6-4-16(21)5-7-17/h2-9,15H,10-13H2,1H3,(H,22,26). The fraction of sp³-hybridized carbons (Fsp3) is 0.300. The first-order chi connectivity index (χ1) is 12.6. The van der Waals surface area contributed by atoms with E-state index in [1.54, 1.807) is 7.11 Å². The molecule has 1 saturated heterocycles. The van der Waals surface area contributed by atoms with Crippen LogP contribution in [0.15, 0.2) is 48.5 Å². The fourth-order valence-corrected chi connectivity index (χ4v) is 3.50. The van der Waals surface area contributed by atoms with Gasteiger partial charge in [0.25, 0.3) is 0 Å². The van der Waals surface area contributed by atoms with Gasteiger partial charge >= 0.3 is 0 Å². The van der Waals surface area contributed by atoms with Gasteiger partial charge in [-0.15, -0.1) is 0 Å². The van der Waals surface area contributed by atoms with Crippen molar-refractivity contribution in [2.45, 2.75) is 12.8 Å². The molecule has 4 nitrogen and oxygen atoms in total. The molecule has 0 atom stereocenters. The summed E-state index contributed by atoms with van der Waals surface area (Å²) in [6, 6.07) is 14.8. The smallest absolute Gasteiger partial charge is 0.173 e. The summed E-state index contributed by atoms with van der Waals surface area (Å²) in [5.41, 5.74) is 1.65. The van der Waals surface area contributed by atoms with Crippen LogP contribution in [0.2, 0.25) is 5.02 Å². The zero-order valence-corrected chi connectivity index (χ0v) is 16.1. The highest BCUT2D eigenvalue weighted by atomic mass is 35.5. The number of ether oxygens (including phenoxy) is 1. The monoisotopic (exact) mass is 388 g/mol. The lowest BCUT2D eigenvalue weighted by Crippen LogP contribution is -2.42. The van der Waals surface area contributed by atoms with E-state index in [9.17, 15) is 4.79 Å². The Hall–Kier alpha value is -2.11. The number of anilines is 1. The number of thiocarbonyl (C=S) groups is 1. The summed E-state index contributed by atoms with van der Waals surface area (Å²) in [4.78, 5) is 14.8. The van der Waals surface area contributed by atoms with Crippen LogP contribution >= 0.6 is 23.8 Å². The highest BCUT2D eigenvalue weighted by Crippen LogP contribution is 2.24. The number of Topliss-reactive ketones (excluding diaryl/α,β-unsaturated/α-hetero) is 1. The first-order valence-electron chi connectivity index (χ1n) is 8.56. The molecule has 0 unspecified atom stereocenters. The summed E-state index contributed by atoms with van der Waals surface area (Å²) in [5, 5.41) is 4.60. The third-order valence-corrected chi connectivity index (χ3v) is 5.24. The van der Waals surface area contributed by atoms with Crippen LogP contribution in [0.4, 0.5) is 5.69 Å². The molecule has 0 radical (unpaired) electrons. The molecule has 26 heavy (non-hydrogen) atoms. The summed E-state index contributed by atoms with van der Waals surface area (Å²) in [6.45, 7) is 1.54. The molecule has 2 aromatic rings. The normalized spacial score (nSPS) is 14.8. The van der Waals surface area contributed by atoms with Crippen LogP contribution in [0.3, 0.4) is 0 Å². The Morgan fingerprint density at radius 1 is 1.12 bits per heavy atom. The number of methoxy groups -OCH3 is 1. The zero-order valence-electron chi connectivity index (χ0n) is 14.6. The number of piperidine rings is 1. The highest BCUT2D eigenvalue weighted by molar-refractivity contribution is 7.80. The van der Waals surface area contributed by atoms with Crippen LogP contribution in [0.5, 0.6) is 5.75 Å². The molecule has 0 saturated carbocycles. The lowest BCUT2D eigenvalue weighted by atomic mass is 9.89. The average Bonchev–Trinajstić information content (AvgIpc) is 2.69. The van der Waals surface area contributed by atoms with Gasteiger partial charge in [-0.2, -0.15) is 0 Å².